The van der Waals surface area contributed by atoms with Crippen molar-refractivity contribution in [3.05, 3.63) is 74.3 Å². The predicted molar refractivity (Wildman–Crippen MR) is 116 cm³/mol. The molecule has 0 saturated carbocycles. The van der Waals surface area contributed by atoms with Crippen molar-refractivity contribution < 1.29 is 19.6 Å². The summed E-state index contributed by atoms with van der Waals surface area (Å²) >= 11 is 6.12. The number of hydrogen-bond acceptors (Lipinski definition) is 5. The molecule has 0 aliphatic carbocycles. The van der Waals surface area contributed by atoms with E-state index in [4.69, 9.17) is 16.7 Å². The van der Waals surface area contributed by atoms with E-state index in [0.29, 0.717) is 32.6 Å². The monoisotopic (exact) mass is 445 g/mol. The number of carboxylic acids is 1. The highest BCUT2D eigenvalue weighted by molar-refractivity contribution is 6.33. The first-order valence-electron chi connectivity index (χ1n) is 10.0. The summed E-state index contributed by atoms with van der Waals surface area (Å²) in [7, 11) is 0. The van der Waals surface area contributed by atoms with Crippen LogP contribution in [0.3, 0.4) is 0 Å². The lowest BCUT2D eigenvalue weighted by Gasteiger charge is -2.39. The quantitative estimate of drug-likeness (QED) is 0.511. The number of rotatable bonds is 7. The zero-order chi connectivity index (χ0) is 22.5. The van der Waals surface area contributed by atoms with Gasteiger partial charge in [0, 0.05) is 50.8 Å². The normalized spacial score (nSPS) is 15.5. The van der Waals surface area contributed by atoms with Crippen molar-refractivity contribution in [3.63, 3.8) is 0 Å². The maximum absolute atomic E-state index is 12.9. The van der Waals surface area contributed by atoms with Crippen LogP contribution in [0.25, 0.3) is 0 Å². The summed E-state index contributed by atoms with van der Waals surface area (Å²) in [4.78, 5) is 38.4. The van der Waals surface area contributed by atoms with Crippen molar-refractivity contribution in [2.45, 2.75) is 25.8 Å². The molecule has 0 aromatic heterocycles. The number of non-ortho nitro benzene ring substituents is 1. The topological polar surface area (TPSA) is 104 Å². The van der Waals surface area contributed by atoms with Gasteiger partial charge in [-0.3, -0.25) is 24.6 Å². The molecule has 1 aliphatic heterocycles. The van der Waals surface area contributed by atoms with Crippen LogP contribution < -0.4 is 0 Å². The van der Waals surface area contributed by atoms with E-state index < -0.39 is 10.9 Å². The van der Waals surface area contributed by atoms with Crippen molar-refractivity contribution in [3.8, 4) is 0 Å². The zero-order valence-corrected chi connectivity index (χ0v) is 17.9. The number of carboxylic acid groups (broad SMARTS) is 1. The fourth-order valence-electron chi connectivity index (χ4n) is 3.81. The molecule has 1 aliphatic rings. The molecule has 1 saturated heterocycles. The molecule has 1 amide bonds. The average molecular weight is 446 g/mol. The highest BCUT2D eigenvalue weighted by Gasteiger charge is 2.29. The lowest BCUT2D eigenvalue weighted by Crippen LogP contribution is -2.49. The molecule has 1 atom stereocenters. The van der Waals surface area contributed by atoms with Crippen LogP contribution in [0.1, 0.15) is 40.4 Å². The van der Waals surface area contributed by atoms with Gasteiger partial charge >= 0.3 is 5.97 Å². The number of nitro groups is 1. The summed E-state index contributed by atoms with van der Waals surface area (Å²) in [6.45, 7) is 3.98. The minimum atomic E-state index is -0.841. The fraction of sp³-hybridized carbons (Fsp3) is 0.364. The molecule has 1 N–H and O–H groups in total. The van der Waals surface area contributed by atoms with Crippen molar-refractivity contribution in [1.82, 2.24) is 9.80 Å². The van der Waals surface area contributed by atoms with Gasteiger partial charge < -0.3 is 10.0 Å². The molecule has 0 unspecified atom stereocenters. The van der Waals surface area contributed by atoms with Crippen LogP contribution >= 0.6 is 11.6 Å². The standard InChI is InChI=1S/C22H24ClN3O5/c1-15-2-4-16(5-3-15)20(8-9-21(27)28)24-10-12-25(13-11-24)22(29)18-14-17(26(30)31)6-7-19(18)23/h2-7,14,20H,8-13H2,1H3,(H,27,28)/t20-/m0/s1. The molecule has 164 valence electrons. The third-order valence-electron chi connectivity index (χ3n) is 5.53. The van der Waals surface area contributed by atoms with E-state index in [2.05, 4.69) is 4.90 Å². The number of amides is 1. The van der Waals surface area contributed by atoms with Gasteiger partial charge in [0.1, 0.15) is 0 Å². The molecule has 0 spiro atoms. The molecule has 3 rings (SSSR count). The SMILES string of the molecule is Cc1ccc([C@H](CCC(=O)O)N2CCN(C(=O)c3cc([N+](=O)[O-])ccc3Cl)CC2)cc1. The van der Waals surface area contributed by atoms with Crippen LogP contribution in [0.4, 0.5) is 5.69 Å². The van der Waals surface area contributed by atoms with Gasteiger partial charge in [0.2, 0.25) is 0 Å². The van der Waals surface area contributed by atoms with Gasteiger partial charge in [-0.15, -0.1) is 0 Å². The van der Waals surface area contributed by atoms with E-state index >= 15 is 0 Å². The Morgan fingerprint density at radius 1 is 1.13 bits per heavy atom. The summed E-state index contributed by atoms with van der Waals surface area (Å²) in [5.74, 6) is -1.18. The number of aryl methyl sites for hydroxylation is 1. The maximum Gasteiger partial charge on any atom is 0.303 e. The van der Waals surface area contributed by atoms with Crippen molar-refractivity contribution in [2.24, 2.45) is 0 Å². The number of nitrogens with zero attached hydrogens (tertiary/aromatic N) is 3. The van der Waals surface area contributed by atoms with Crippen LogP contribution in [0, 0.1) is 17.0 Å². The van der Waals surface area contributed by atoms with Gasteiger partial charge in [-0.2, -0.15) is 0 Å². The number of benzene rings is 2. The molecule has 31 heavy (non-hydrogen) atoms. The number of carbonyl (C=O) groups excluding carboxylic acids is 1. The predicted octanol–water partition coefficient (Wildman–Crippen LogP) is 3.92. The first kappa shape index (κ1) is 22.7. The number of halogens is 1. The van der Waals surface area contributed by atoms with Gasteiger partial charge in [-0.1, -0.05) is 41.4 Å². The first-order valence-corrected chi connectivity index (χ1v) is 10.4. The van der Waals surface area contributed by atoms with E-state index in [1.54, 1.807) is 4.90 Å². The van der Waals surface area contributed by atoms with Crippen LogP contribution in [0.15, 0.2) is 42.5 Å². The summed E-state index contributed by atoms with van der Waals surface area (Å²) in [5.41, 5.74) is 2.11. The van der Waals surface area contributed by atoms with Crippen LogP contribution in [-0.2, 0) is 4.79 Å². The van der Waals surface area contributed by atoms with Crippen molar-refractivity contribution >= 4 is 29.2 Å². The van der Waals surface area contributed by atoms with E-state index in [1.165, 1.54) is 18.2 Å². The minimum Gasteiger partial charge on any atom is -0.481 e. The molecular formula is C22H24ClN3O5. The second-order valence-corrected chi connectivity index (χ2v) is 8.02. The van der Waals surface area contributed by atoms with Gasteiger partial charge in [-0.25, -0.2) is 0 Å². The van der Waals surface area contributed by atoms with Crippen molar-refractivity contribution in [2.75, 3.05) is 26.2 Å². The lowest BCUT2D eigenvalue weighted by atomic mass is 9.98. The Kier molecular flexibility index (Phi) is 7.25. The molecule has 0 bridgehead atoms. The van der Waals surface area contributed by atoms with E-state index in [-0.39, 0.29) is 34.6 Å². The summed E-state index contributed by atoms with van der Waals surface area (Å²) in [6.07, 6.45) is 0.532. The average Bonchev–Trinajstić information content (AvgIpc) is 2.75. The number of piperazine rings is 1. The van der Waals surface area contributed by atoms with Gasteiger partial charge in [0.15, 0.2) is 0 Å². The lowest BCUT2D eigenvalue weighted by molar-refractivity contribution is -0.384. The summed E-state index contributed by atoms with van der Waals surface area (Å²) in [5, 5.41) is 20.4. The van der Waals surface area contributed by atoms with E-state index in [1.807, 2.05) is 31.2 Å². The number of carbonyl (C=O) groups is 2. The molecule has 2 aromatic rings. The molecule has 8 nitrogen and oxygen atoms in total. The van der Waals surface area contributed by atoms with E-state index in [0.717, 1.165) is 11.1 Å². The Morgan fingerprint density at radius 3 is 2.35 bits per heavy atom. The Balaban J connectivity index is 1.72. The Morgan fingerprint density at radius 2 is 1.77 bits per heavy atom. The first-order chi connectivity index (χ1) is 14.8. The highest BCUT2D eigenvalue weighted by Crippen LogP contribution is 2.29. The van der Waals surface area contributed by atoms with Crippen LogP contribution in [-0.4, -0.2) is 57.9 Å². The molecule has 9 heteroatoms. The van der Waals surface area contributed by atoms with Crippen molar-refractivity contribution in [1.29, 1.82) is 0 Å². The van der Waals surface area contributed by atoms with Gasteiger partial charge in [-0.05, 0) is 25.0 Å². The molecule has 0 radical (unpaired) electrons. The molecule has 1 fully saturated rings. The van der Waals surface area contributed by atoms with E-state index in [9.17, 15) is 19.7 Å². The highest BCUT2D eigenvalue weighted by atomic mass is 35.5. The Labute approximate surface area is 185 Å². The molecule has 1 heterocycles. The number of hydrogen-bond donors (Lipinski definition) is 1. The summed E-state index contributed by atoms with van der Waals surface area (Å²) in [6, 6.07) is 11.8. The minimum absolute atomic E-state index is 0.0565. The number of nitro benzene ring substituents is 1. The smallest absolute Gasteiger partial charge is 0.303 e. The van der Waals surface area contributed by atoms with Crippen LogP contribution in [0.2, 0.25) is 5.02 Å². The third kappa shape index (κ3) is 5.59. The Bertz CT molecular complexity index is 972. The van der Waals surface area contributed by atoms with Gasteiger partial charge in [0.05, 0.1) is 15.5 Å². The fourth-order valence-corrected chi connectivity index (χ4v) is 4.00. The number of aliphatic carboxylic acids is 1. The second-order valence-electron chi connectivity index (χ2n) is 7.61. The van der Waals surface area contributed by atoms with Gasteiger partial charge in [0.25, 0.3) is 11.6 Å². The largest absolute Gasteiger partial charge is 0.481 e. The maximum atomic E-state index is 12.9. The summed E-state index contributed by atoms with van der Waals surface area (Å²) < 4.78 is 0. The Hall–Kier alpha value is -2.97. The second kappa shape index (κ2) is 9.89. The third-order valence-corrected chi connectivity index (χ3v) is 5.86. The molecule has 2 aromatic carbocycles. The molecular weight excluding hydrogens is 422 g/mol. The zero-order valence-electron chi connectivity index (χ0n) is 17.2. The van der Waals surface area contributed by atoms with Crippen LogP contribution in [0.5, 0.6) is 0 Å².